The maximum atomic E-state index is 5.62. The summed E-state index contributed by atoms with van der Waals surface area (Å²) in [5.74, 6) is 1.28. The van der Waals surface area contributed by atoms with Crippen LogP contribution in [-0.2, 0) is 19.9 Å². The number of aromatic nitrogens is 3. The molecular weight excluding hydrogens is 200 g/mol. The lowest BCUT2D eigenvalue weighted by Gasteiger charge is -1.99. The predicted octanol–water partition coefficient (Wildman–Crippen LogP) is 1.49. The molecule has 0 bridgehead atoms. The monoisotopic (exact) mass is 216 g/mol. The maximum Gasteiger partial charge on any atom is 0.218 e. The molecule has 0 unspecified atom stereocenters. The van der Waals surface area contributed by atoms with Crippen LogP contribution in [-0.4, -0.2) is 14.8 Å². The summed E-state index contributed by atoms with van der Waals surface area (Å²) < 4.78 is 1.60. The zero-order valence-corrected chi connectivity index (χ0v) is 9.64. The summed E-state index contributed by atoms with van der Waals surface area (Å²) in [6, 6.07) is 8.52. The summed E-state index contributed by atoms with van der Waals surface area (Å²) >= 11 is 0. The number of aryl methyl sites for hydroxylation is 4. The first kappa shape index (κ1) is 10.7. The molecule has 2 N–H and O–H groups in total. The first-order valence-corrected chi connectivity index (χ1v) is 5.36. The van der Waals surface area contributed by atoms with Gasteiger partial charge in [-0.15, -0.1) is 0 Å². The number of nitrogens with two attached hydrogens (primary N) is 1. The standard InChI is InChI=1S/C12H16N4/c1-9-3-5-10(6-4-9)7-8-11-14-12(13)16(2)15-11/h3-6H,7-8H2,1-2H3,(H2,13,14,15). The Morgan fingerprint density at radius 3 is 2.44 bits per heavy atom. The van der Waals surface area contributed by atoms with Crippen LogP contribution < -0.4 is 5.73 Å². The van der Waals surface area contributed by atoms with E-state index in [0.29, 0.717) is 5.95 Å². The normalized spacial score (nSPS) is 10.6. The third kappa shape index (κ3) is 2.39. The van der Waals surface area contributed by atoms with E-state index in [1.165, 1.54) is 11.1 Å². The summed E-state index contributed by atoms with van der Waals surface area (Å²) in [7, 11) is 1.80. The van der Waals surface area contributed by atoms with E-state index >= 15 is 0 Å². The highest BCUT2D eigenvalue weighted by Crippen LogP contribution is 2.07. The molecule has 0 spiro atoms. The minimum Gasteiger partial charge on any atom is -0.368 e. The van der Waals surface area contributed by atoms with Gasteiger partial charge in [0.2, 0.25) is 5.95 Å². The molecule has 2 aromatic rings. The van der Waals surface area contributed by atoms with Crippen LogP contribution in [0.15, 0.2) is 24.3 Å². The van der Waals surface area contributed by atoms with Gasteiger partial charge in [-0.05, 0) is 18.9 Å². The van der Waals surface area contributed by atoms with Crippen molar-refractivity contribution in [2.75, 3.05) is 5.73 Å². The molecule has 1 aromatic heterocycles. The summed E-state index contributed by atoms with van der Waals surface area (Å²) in [5, 5.41) is 4.22. The third-order valence-electron chi connectivity index (χ3n) is 2.60. The Hall–Kier alpha value is -1.84. The molecule has 0 saturated carbocycles. The largest absolute Gasteiger partial charge is 0.368 e. The lowest BCUT2D eigenvalue weighted by atomic mass is 10.1. The zero-order valence-electron chi connectivity index (χ0n) is 9.64. The molecule has 1 heterocycles. The highest BCUT2D eigenvalue weighted by Gasteiger charge is 2.03. The number of nitrogens with zero attached hydrogens (tertiary/aromatic N) is 3. The van der Waals surface area contributed by atoms with Gasteiger partial charge in [0, 0.05) is 13.5 Å². The van der Waals surface area contributed by atoms with Gasteiger partial charge < -0.3 is 5.73 Å². The van der Waals surface area contributed by atoms with Crippen molar-refractivity contribution in [2.45, 2.75) is 19.8 Å². The van der Waals surface area contributed by atoms with Crippen molar-refractivity contribution >= 4 is 5.95 Å². The number of hydrogen-bond donors (Lipinski definition) is 1. The van der Waals surface area contributed by atoms with E-state index in [4.69, 9.17) is 5.73 Å². The second-order valence-corrected chi connectivity index (χ2v) is 4.00. The predicted molar refractivity (Wildman–Crippen MR) is 64.0 cm³/mol. The van der Waals surface area contributed by atoms with Crippen molar-refractivity contribution < 1.29 is 0 Å². The molecule has 0 aliphatic rings. The van der Waals surface area contributed by atoms with E-state index in [0.717, 1.165) is 18.7 Å². The van der Waals surface area contributed by atoms with Crippen molar-refractivity contribution in [3.05, 3.63) is 41.2 Å². The van der Waals surface area contributed by atoms with Crippen LogP contribution in [0.2, 0.25) is 0 Å². The Morgan fingerprint density at radius 1 is 1.19 bits per heavy atom. The molecule has 0 aliphatic carbocycles. The number of nitrogen functional groups attached to an aromatic ring is 1. The molecule has 0 saturated heterocycles. The molecule has 0 atom stereocenters. The van der Waals surface area contributed by atoms with Crippen molar-refractivity contribution in [1.29, 1.82) is 0 Å². The average molecular weight is 216 g/mol. The minimum atomic E-state index is 0.471. The Balaban J connectivity index is 1.99. The first-order valence-electron chi connectivity index (χ1n) is 5.36. The van der Waals surface area contributed by atoms with Gasteiger partial charge in [-0.1, -0.05) is 29.8 Å². The summed E-state index contributed by atoms with van der Waals surface area (Å²) in [6.45, 7) is 2.09. The van der Waals surface area contributed by atoms with E-state index in [1.54, 1.807) is 11.7 Å². The molecule has 84 valence electrons. The Kier molecular flexibility index (Phi) is 2.90. The Labute approximate surface area is 95.1 Å². The fourth-order valence-electron chi connectivity index (χ4n) is 1.57. The number of rotatable bonds is 3. The van der Waals surface area contributed by atoms with Crippen LogP contribution in [0.3, 0.4) is 0 Å². The number of anilines is 1. The molecule has 1 aromatic carbocycles. The quantitative estimate of drug-likeness (QED) is 0.845. The summed E-state index contributed by atoms with van der Waals surface area (Å²) in [6.07, 6.45) is 1.78. The summed E-state index contributed by atoms with van der Waals surface area (Å²) in [5.41, 5.74) is 8.20. The van der Waals surface area contributed by atoms with Gasteiger partial charge in [0.15, 0.2) is 5.82 Å². The topological polar surface area (TPSA) is 56.7 Å². The molecule has 16 heavy (non-hydrogen) atoms. The van der Waals surface area contributed by atoms with Gasteiger partial charge in [-0.2, -0.15) is 10.1 Å². The second kappa shape index (κ2) is 4.35. The molecule has 4 nitrogen and oxygen atoms in total. The van der Waals surface area contributed by atoms with Gasteiger partial charge in [-0.25, -0.2) is 4.68 Å². The summed E-state index contributed by atoms with van der Waals surface area (Å²) in [4.78, 5) is 4.17. The molecule has 4 heteroatoms. The zero-order chi connectivity index (χ0) is 11.5. The van der Waals surface area contributed by atoms with E-state index in [1.807, 2.05) is 0 Å². The lowest BCUT2D eigenvalue weighted by molar-refractivity contribution is 0.744. The minimum absolute atomic E-state index is 0.471. The van der Waals surface area contributed by atoms with Crippen LogP contribution in [0.5, 0.6) is 0 Å². The van der Waals surface area contributed by atoms with Gasteiger partial charge in [0.05, 0.1) is 0 Å². The van der Waals surface area contributed by atoms with E-state index in [2.05, 4.69) is 41.3 Å². The molecule has 0 aliphatic heterocycles. The Bertz CT molecular complexity index is 451. The van der Waals surface area contributed by atoms with Gasteiger partial charge >= 0.3 is 0 Å². The van der Waals surface area contributed by atoms with Gasteiger partial charge in [0.25, 0.3) is 0 Å². The molecule has 0 radical (unpaired) electrons. The third-order valence-corrected chi connectivity index (χ3v) is 2.60. The van der Waals surface area contributed by atoms with Crippen molar-refractivity contribution in [2.24, 2.45) is 7.05 Å². The number of benzene rings is 1. The van der Waals surface area contributed by atoms with Gasteiger partial charge in [-0.3, -0.25) is 0 Å². The molecule has 0 fully saturated rings. The van der Waals surface area contributed by atoms with Crippen molar-refractivity contribution in [1.82, 2.24) is 14.8 Å². The maximum absolute atomic E-state index is 5.62. The highest BCUT2D eigenvalue weighted by molar-refractivity contribution is 5.22. The van der Waals surface area contributed by atoms with Crippen molar-refractivity contribution in [3.63, 3.8) is 0 Å². The SMILES string of the molecule is Cc1ccc(CCc2nc(N)n(C)n2)cc1. The van der Waals surface area contributed by atoms with E-state index < -0.39 is 0 Å². The molecule has 2 rings (SSSR count). The fraction of sp³-hybridized carbons (Fsp3) is 0.333. The Morgan fingerprint density at radius 2 is 1.88 bits per heavy atom. The lowest BCUT2D eigenvalue weighted by Crippen LogP contribution is -1.98. The van der Waals surface area contributed by atoms with Crippen LogP contribution >= 0.6 is 0 Å². The van der Waals surface area contributed by atoms with Crippen LogP contribution in [0.1, 0.15) is 17.0 Å². The first-order chi connectivity index (χ1) is 7.65. The van der Waals surface area contributed by atoms with Crippen LogP contribution in [0.25, 0.3) is 0 Å². The number of hydrogen-bond acceptors (Lipinski definition) is 3. The van der Waals surface area contributed by atoms with Crippen LogP contribution in [0, 0.1) is 6.92 Å². The fourth-order valence-corrected chi connectivity index (χ4v) is 1.57. The second-order valence-electron chi connectivity index (χ2n) is 4.00. The molecular formula is C12H16N4. The average Bonchev–Trinajstić information content (AvgIpc) is 2.58. The van der Waals surface area contributed by atoms with E-state index in [-0.39, 0.29) is 0 Å². The van der Waals surface area contributed by atoms with Crippen LogP contribution in [0.4, 0.5) is 5.95 Å². The van der Waals surface area contributed by atoms with Gasteiger partial charge in [0.1, 0.15) is 0 Å². The smallest absolute Gasteiger partial charge is 0.218 e. The van der Waals surface area contributed by atoms with Crippen molar-refractivity contribution in [3.8, 4) is 0 Å². The van der Waals surface area contributed by atoms with E-state index in [9.17, 15) is 0 Å². The highest BCUT2D eigenvalue weighted by atomic mass is 15.4. The molecule has 0 amide bonds.